The first-order chi connectivity index (χ1) is 7.67. The quantitative estimate of drug-likeness (QED) is 0.715. The molecule has 1 heterocycles. The van der Waals surface area contributed by atoms with Gasteiger partial charge in [0.25, 0.3) is 0 Å². The topological polar surface area (TPSA) is 49.8 Å². The van der Waals surface area contributed by atoms with Crippen LogP contribution >= 0.6 is 0 Å². The molecule has 1 fully saturated rings. The lowest BCUT2D eigenvalue weighted by atomic mass is 9.98. The Hall–Kier alpha value is -0.610. The smallest absolute Gasteiger partial charge is 0.310 e. The van der Waals surface area contributed by atoms with Crippen LogP contribution in [0.2, 0.25) is 0 Å². The lowest BCUT2D eigenvalue weighted by Crippen LogP contribution is -2.42. The Bertz CT molecular complexity index is 220. The number of esters is 1. The third kappa shape index (κ3) is 4.10. The summed E-state index contributed by atoms with van der Waals surface area (Å²) in [7, 11) is 0. The van der Waals surface area contributed by atoms with Crippen LogP contribution in [-0.4, -0.2) is 48.3 Å². The van der Waals surface area contributed by atoms with Crippen molar-refractivity contribution in [3.05, 3.63) is 0 Å². The van der Waals surface area contributed by atoms with Crippen molar-refractivity contribution in [1.82, 2.24) is 4.90 Å². The van der Waals surface area contributed by atoms with Crippen LogP contribution in [0, 0.1) is 5.92 Å². The zero-order valence-corrected chi connectivity index (χ0v) is 10.3. The minimum absolute atomic E-state index is 0.00208. The average Bonchev–Trinajstić information content (AvgIpc) is 2.29. The number of aliphatic hydroxyl groups is 1. The molecule has 94 valence electrons. The van der Waals surface area contributed by atoms with Gasteiger partial charge in [-0.1, -0.05) is 6.92 Å². The molecule has 0 aliphatic carbocycles. The van der Waals surface area contributed by atoms with Crippen molar-refractivity contribution in [2.75, 3.05) is 26.2 Å². The predicted octanol–water partition coefficient (Wildman–Crippen LogP) is 1.03. The number of hydrogen-bond acceptors (Lipinski definition) is 4. The van der Waals surface area contributed by atoms with Crippen LogP contribution in [0.15, 0.2) is 0 Å². The van der Waals surface area contributed by atoms with E-state index >= 15 is 0 Å². The van der Waals surface area contributed by atoms with Gasteiger partial charge in [-0.05, 0) is 32.7 Å². The monoisotopic (exact) mass is 229 g/mol. The number of β-amino-alcohol motifs (C(OH)–C–C–N with tert-alkyl or cyclic N) is 1. The zero-order valence-electron chi connectivity index (χ0n) is 10.3. The highest BCUT2D eigenvalue weighted by molar-refractivity contribution is 5.72. The van der Waals surface area contributed by atoms with Gasteiger partial charge in [-0.2, -0.15) is 0 Å². The van der Waals surface area contributed by atoms with Gasteiger partial charge in [0.2, 0.25) is 0 Å². The van der Waals surface area contributed by atoms with Gasteiger partial charge in [-0.3, -0.25) is 9.69 Å². The lowest BCUT2D eigenvalue weighted by molar-refractivity contribution is -0.150. The Kier molecular flexibility index (Phi) is 5.77. The van der Waals surface area contributed by atoms with E-state index in [2.05, 4.69) is 4.90 Å². The molecule has 0 radical (unpaired) electrons. The number of carbonyl (C=O) groups is 1. The molecule has 1 rings (SSSR count). The van der Waals surface area contributed by atoms with Gasteiger partial charge in [-0.15, -0.1) is 0 Å². The molecule has 1 aliphatic heterocycles. The molecule has 2 atom stereocenters. The van der Waals surface area contributed by atoms with Gasteiger partial charge in [0.05, 0.1) is 18.6 Å². The first-order valence-electron chi connectivity index (χ1n) is 6.24. The summed E-state index contributed by atoms with van der Waals surface area (Å²) in [5, 5.41) is 9.58. The van der Waals surface area contributed by atoms with Crippen LogP contribution in [0.25, 0.3) is 0 Å². The second-order valence-electron chi connectivity index (χ2n) is 4.41. The number of nitrogens with zero attached hydrogens (tertiary/aromatic N) is 1. The fourth-order valence-electron chi connectivity index (χ4n) is 2.10. The number of hydrogen-bond donors (Lipinski definition) is 1. The maximum Gasteiger partial charge on any atom is 0.310 e. The Labute approximate surface area is 97.6 Å². The van der Waals surface area contributed by atoms with Crippen molar-refractivity contribution in [2.24, 2.45) is 5.92 Å². The number of piperidine rings is 1. The summed E-state index contributed by atoms with van der Waals surface area (Å²) < 4.78 is 5.03. The fourth-order valence-corrected chi connectivity index (χ4v) is 2.10. The van der Waals surface area contributed by atoms with E-state index in [1.54, 1.807) is 0 Å². The number of likely N-dealkylation sites (tertiary alicyclic amines) is 1. The minimum Gasteiger partial charge on any atom is -0.466 e. The Morgan fingerprint density at radius 2 is 2.31 bits per heavy atom. The lowest BCUT2D eigenvalue weighted by Gasteiger charge is -2.32. The van der Waals surface area contributed by atoms with Crippen molar-refractivity contribution in [1.29, 1.82) is 0 Å². The van der Waals surface area contributed by atoms with Crippen molar-refractivity contribution >= 4 is 5.97 Å². The molecule has 0 aromatic heterocycles. The Balaban J connectivity index is 2.37. The van der Waals surface area contributed by atoms with E-state index in [4.69, 9.17) is 4.74 Å². The molecule has 0 saturated carbocycles. The van der Waals surface area contributed by atoms with E-state index in [9.17, 15) is 9.90 Å². The predicted molar refractivity (Wildman–Crippen MR) is 62.1 cm³/mol. The molecule has 0 amide bonds. The molecule has 1 saturated heterocycles. The maximum atomic E-state index is 11.6. The van der Waals surface area contributed by atoms with Gasteiger partial charge < -0.3 is 9.84 Å². The molecule has 4 nitrogen and oxygen atoms in total. The standard InChI is InChI=1S/C12H23NO3/c1-3-11(14)9-13-7-5-6-10(8-13)12(15)16-4-2/h10-11,14H,3-9H2,1-2H3/t10-,11?/m0/s1. The highest BCUT2D eigenvalue weighted by Gasteiger charge is 2.27. The van der Waals surface area contributed by atoms with Gasteiger partial charge in [0, 0.05) is 13.1 Å². The van der Waals surface area contributed by atoms with Crippen molar-refractivity contribution in [3.63, 3.8) is 0 Å². The summed E-state index contributed by atoms with van der Waals surface area (Å²) in [6.07, 6.45) is 2.42. The van der Waals surface area contributed by atoms with Gasteiger partial charge in [0.15, 0.2) is 0 Å². The molecule has 1 unspecified atom stereocenters. The van der Waals surface area contributed by atoms with E-state index in [0.717, 1.165) is 32.4 Å². The molecule has 0 bridgehead atoms. The van der Waals surface area contributed by atoms with Crippen LogP contribution in [0.5, 0.6) is 0 Å². The molecule has 16 heavy (non-hydrogen) atoms. The summed E-state index contributed by atoms with van der Waals surface area (Å²) >= 11 is 0. The molecule has 0 aromatic rings. The van der Waals surface area contributed by atoms with Crippen molar-refractivity contribution in [2.45, 2.75) is 39.2 Å². The van der Waals surface area contributed by atoms with E-state index in [1.165, 1.54) is 0 Å². The van der Waals surface area contributed by atoms with E-state index in [-0.39, 0.29) is 18.0 Å². The first-order valence-corrected chi connectivity index (χ1v) is 6.24. The van der Waals surface area contributed by atoms with Crippen LogP contribution in [0.4, 0.5) is 0 Å². The zero-order chi connectivity index (χ0) is 12.0. The van der Waals surface area contributed by atoms with Gasteiger partial charge in [0.1, 0.15) is 0 Å². The SMILES string of the molecule is CCOC(=O)[C@H]1CCCN(CC(O)CC)C1. The summed E-state index contributed by atoms with van der Waals surface area (Å²) in [4.78, 5) is 13.8. The van der Waals surface area contributed by atoms with Crippen LogP contribution in [0.3, 0.4) is 0 Å². The molecular weight excluding hydrogens is 206 g/mol. The first kappa shape index (κ1) is 13.5. The largest absolute Gasteiger partial charge is 0.466 e. The third-order valence-electron chi connectivity index (χ3n) is 3.07. The molecule has 0 aromatic carbocycles. The second kappa shape index (κ2) is 6.86. The highest BCUT2D eigenvalue weighted by atomic mass is 16.5. The second-order valence-corrected chi connectivity index (χ2v) is 4.41. The van der Waals surface area contributed by atoms with Gasteiger partial charge in [-0.25, -0.2) is 0 Å². The molecule has 4 heteroatoms. The van der Waals surface area contributed by atoms with Crippen LogP contribution in [0.1, 0.15) is 33.1 Å². The molecule has 1 N–H and O–H groups in total. The summed E-state index contributed by atoms with van der Waals surface area (Å²) in [5.41, 5.74) is 0. The van der Waals surface area contributed by atoms with E-state index in [1.807, 2.05) is 13.8 Å². The summed E-state index contributed by atoms with van der Waals surface area (Å²) in [5.74, 6) is -0.0871. The number of rotatable bonds is 5. The summed E-state index contributed by atoms with van der Waals surface area (Å²) in [6.45, 7) is 6.64. The molecule has 0 spiro atoms. The molecular formula is C12H23NO3. The Morgan fingerprint density at radius 3 is 2.94 bits per heavy atom. The third-order valence-corrected chi connectivity index (χ3v) is 3.07. The maximum absolute atomic E-state index is 11.6. The number of aliphatic hydroxyl groups excluding tert-OH is 1. The van der Waals surface area contributed by atoms with Gasteiger partial charge >= 0.3 is 5.97 Å². The Morgan fingerprint density at radius 1 is 1.56 bits per heavy atom. The van der Waals surface area contributed by atoms with Crippen LogP contribution < -0.4 is 0 Å². The summed E-state index contributed by atoms with van der Waals surface area (Å²) in [6, 6.07) is 0. The van der Waals surface area contributed by atoms with Crippen LogP contribution in [-0.2, 0) is 9.53 Å². The van der Waals surface area contributed by atoms with Crippen molar-refractivity contribution in [3.8, 4) is 0 Å². The fraction of sp³-hybridized carbons (Fsp3) is 0.917. The minimum atomic E-state index is -0.277. The number of ether oxygens (including phenoxy) is 1. The number of carbonyl (C=O) groups excluding carboxylic acids is 1. The molecule has 1 aliphatic rings. The van der Waals surface area contributed by atoms with Crippen molar-refractivity contribution < 1.29 is 14.6 Å². The van der Waals surface area contributed by atoms with E-state index in [0.29, 0.717) is 13.2 Å². The average molecular weight is 229 g/mol. The van der Waals surface area contributed by atoms with E-state index < -0.39 is 0 Å². The normalized spacial score (nSPS) is 24.1. The highest BCUT2D eigenvalue weighted by Crippen LogP contribution is 2.18.